The fraction of sp³-hybridized carbons (Fsp3) is 0.562. The smallest absolute Gasteiger partial charge is 0.273 e. The van der Waals surface area contributed by atoms with Crippen molar-refractivity contribution in [3.8, 4) is 12.3 Å². The Kier molecular flexibility index (Phi) is 4.70. The van der Waals surface area contributed by atoms with Crippen LogP contribution in [0.5, 0.6) is 0 Å². The van der Waals surface area contributed by atoms with Crippen molar-refractivity contribution < 1.29 is 4.79 Å². The molecule has 0 aliphatic carbocycles. The number of tetrazole rings is 1. The molecule has 130 valence electrons. The van der Waals surface area contributed by atoms with Crippen LogP contribution in [0.1, 0.15) is 42.6 Å². The normalized spacial score (nSPS) is 14.4. The van der Waals surface area contributed by atoms with E-state index in [0.29, 0.717) is 38.0 Å². The topological polar surface area (TPSA) is 110 Å². The number of terminal acetylenes is 1. The van der Waals surface area contributed by atoms with Gasteiger partial charge in [0, 0.05) is 43.6 Å². The molecule has 3 rings (SSSR count). The van der Waals surface area contributed by atoms with Crippen LogP contribution >= 0.6 is 0 Å². The van der Waals surface area contributed by atoms with Crippen molar-refractivity contribution in [1.29, 1.82) is 0 Å². The lowest BCUT2D eigenvalue weighted by molar-refractivity contribution is -0.121. The Hall–Kier alpha value is -2.89. The number of hydrogen-bond donors (Lipinski definition) is 1. The van der Waals surface area contributed by atoms with Gasteiger partial charge in [-0.3, -0.25) is 4.79 Å². The highest BCUT2D eigenvalue weighted by molar-refractivity contribution is 5.76. The number of amides is 1. The molecule has 0 saturated heterocycles. The van der Waals surface area contributed by atoms with Gasteiger partial charge in [-0.1, -0.05) is 5.10 Å². The van der Waals surface area contributed by atoms with Crippen LogP contribution in [0.3, 0.4) is 0 Å². The van der Waals surface area contributed by atoms with Crippen LogP contribution in [-0.2, 0) is 11.2 Å². The van der Waals surface area contributed by atoms with Crippen LogP contribution in [0.2, 0.25) is 0 Å². The molecule has 0 saturated carbocycles. The molecular formula is C16H20N8O. The van der Waals surface area contributed by atoms with E-state index < -0.39 is 0 Å². The highest BCUT2D eigenvalue weighted by Crippen LogP contribution is 2.35. The lowest BCUT2D eigenvalue weighted by Gasteiger charge is -2.11. The van der Waals surface area contributed by atoms with Crippen molar-refractivity contribution in [3.05, 3.63) is 17.0 Å². The number of rotatable bonds is 8. The summed E-state index contributed by atoms with van der Waals surface area (Å²) in [6, 6.07) is 0. The summed E-state index contributed by atoms with van der Waals surface area (Å²) in [7, 11) is 0. The number of nitrogens with one attached hydrogen (secondary N) is 1. The average molecular weight is 340 g/mol. The summed E-state index contributed by atoms with van der Waals surface area (Å²) in [6.45, 7) is 4.37. The Labute approximate surface area is 145 Å². The molecule has 3 heterocycles. The highest BCUT2D eigenvalue weighted by atomic mass is 16.1. The van der Waals surface area contributed by atoms with E-state index in [-0.39, 0.29) is 11.6 Å². The van der Waals surface area contributed by atoms with Crippen molar-refractivity contribution in [1.82, 2.24) is 30.3 Å². The van der Waals surface area contributed by atoms with E-state index in [9.17, 15) is 4.79 Å². The standard InChI is InChI=1S/C16H20N8O/c1-4-5-8-16(20-21-16)9-10-17-14(25)7-6-13-11(2)18-15-19-22-23-24(15)12(13)3/h1H,5-10H2,2-3H3,(H,17,25). The van der Waals surface area contributed by atoms with Gasteiger partial charge >= 0.3 is 0 Å². The minimum atomic E-state index is -0.359. The minimum absolute atomic E-state index is 0.0108. The fourth-order valence-corrected chi connectivity index (χ4v) is 2.84. The molecule has 0 bridgehead atoms. The Morgan fingerprint density at radius 1 is 1.32 bits per heavy atom. The second-order valence-corrected chi connectivity index (χ2v) is 6.14. The predicted molar refractivity (Wildman–Crippen MR) is 89.7 cm³/mol. The Morgan fingerprint density at radius 3 is 2.84 bits per heavy atom. The Balaban J connectivity index is 1.49. The average Bonchev–Trinajstić information content (AvgIpc) is 3.19. The second kappa shape index (κ2) is 6.93. The first-order chi connectivity index (χ1) is 12.0. The van der Waals surface area contributed by atoms with Crippen LogP contribution in [-0.4, -0.2) is 43.1 Å². The molecular weight excluding hydrogens is 320 g/mol. The SMILES string of the molecule is C#CCCC1(CCNC(=O)CCc2c(C)nc3nnnn3c2C)N=N1. The molecule has 9 heteroatoms. The van der Waals surface area contributed by atoms with E-state index in [2.05, 4.69) is 42.0 Å². The summed E-state index contributed by atoms with van der Waals surface area (Å²) < 4.78 is 1.59. The highest BCUT2D eigenvalue weighted by Gasteiger charge is 2.38. The van der Waals surface area contributed by atoms with E-state index in [0.717, 1.165) is 23.4 Å². The summed E-state index contributed by atoms with van der Waals surface area (Å²) >= 11 is 0. The molecule has 0 aromatic carbocycles. The summed E-state index contributed by atoms with van der Waals surface area (Å²) in [5.74, 6) is 3.05. The first-order valence-corrected chi connectivity index (χ1v) is 8.23. The zero-order chi connectivity index (χ0) is 17.9. The van der Waals surface area contributed by atoms with Gasteiger partial charge in [0.05, 0.1) is 0 Å². The number of fused-ring (bicyclic) bond motifs is 1. The van der Waals surface area contributed by atoms with Crippen LogP contribution in [0.15, 0.2) is 10.2 Å². The maximum absolute atomic E-state index is 12.1. The van der Waals surface area contributed by atoms with E-state index >= 15 is 0 Å². The monoisotopic (exact) mass is 340 g/mol. The van der Waals surface area contributed by atoms with Crippen LogP contribution < -0.4 is 5.32 Å². The molecule has 0 atom stereocenters. The lowest BCUT2D eigenvalue weighted by atomic mass is 10.0. The van der Waals surface area contributed by atoms with Crippen molar-refractivity contribution in [2.24, 2.45) is 10.2 Å². The van der Waals surface area contributed by atoms with Crippen molar-refractivity contribution in [2.75, 3.05) is 6.54 Å². The van der Waals surface area contributed by atoms with Crippen LogP contribution in [0.25, 0.3) is 5.78 Å². The van der Waals surface area contributed by atoms with Crippen LogP contribution in [0.4, 0.5) is 0 Å². The molecule has 0 fully saturated rings. The number of nitrogens with zero attached hydrogens (tertiary/aromatic N) is 7. The molecule has 1 aliphatic rings. The third-order valence-electron chi connectivity index (χ3n) is 4.41. The molecule has 0 unspecified atom stereocenters. The Morgan fingerprint density at radius 2 is 2.12 bits per heavy atom. The molecule has 0 radical (unpaired) electrons. The first-order valence-electron chi connectivity index (χ1n) is 8.23. The summed E-state index contributed by atoms with van der Waals surface area (Å²) in [5, 5.41) is 22.4. The number of carbonyl (C=O) groups excluding carboxylic acids is 1. The number of aromatic nitrogens is 5. The maximum Gasteiger partial charge on any atom is 0.273 e. The van der Waals surface area contributed by atoms with Crippen molar-refractivity contribution in [2.45, 2.75) is 51.6 Å². The molecule has 2 aromatic rings. The van der Waals surface area contributed by atoms with Gasteiger partial charge in [-0.2, -0.15) is 14.7 Å². The van der Waals surface area contributed by atoms with E-state index in [4.69, 9.17) is 6.42 Å². The van der Waals surface area contributed by atoms with Gasteiger partial charge in [-0.15, -0.1) is 12.3 Å². The Bertz CT molecular complexity index is 857. The third-order valence-corrected chi connectivity index (χ3v) is 4.41. The van der Waals surface area contributed by atoms with Crippen molar-refractivity contribution >= 4 is 11.7 Å². The summed E-state index contributed by atoms with van der Waals surface area (Å²) in [5.41, 5.74) is 2.38. The molecule has 1 amide bonds. The summed E-state index contributed by atoms with van der Waals surface area (Å²) in [4.78, 5) is 16.5. The van der Waals surface area contributed by atoms with E-state index in [1.54, 1.807) is 4.52 Å². The van der Waals surface area contributed by atoms with Gasteiger partial charge in [0.25, 0.3) is 5.78 Å². The first kappa shape index (κ1) is 17.0. The molecule has 1 aliphatic heterocycles. The molecule has 2 aromatic heterocycles. The fourth-order valence-electron chi connectivity index (χ4n) is 2.84. The molecule has 25 heavy (non-hydrogen) atoms. The number of aryl methyl sites for hydroxylation is 2. The lowest BCUT2D eigenvalue weighted by Crippen LogP contribution is -2.28. The minimum Gasteiger partial charge on any atom is -0.356 e. The van der Waals surface area contributed by atoms with Gasteiger partial charge in [-0.25, -0.2) is 4.98 Å². The van der Waals surface area contributed by atoms with E-state index in [1.807, 2.05) is 13.8 Å². The van der Waals surface area contributed by atoms with Gasteiger partial charge in [0.15, 0.2) is 5.66 Å². The van der Waals surface area contributed by atoms with Crippen LogP contribution in [0, 0.1) is 26.2 Å². The largest absolute Gasteiger partial charge is 0.356 e. The van der Waals surface area contributed by atoms with E-state index in [1.165, 1.54) is 0 Å². The maximum atomic E-state index is 12.1. The quantitative estimate of drug-likeness (QED) is 0.725. The third kappa shape index (κ3) is 3.79. The zero-order valence-corrected chi connectivity index (χ0v) is 14.4. The van der Waals surface area contributed by atoms with Gasteiger partial charge in [0.2, 0.25) is 5.91 Å². The van der Waals surface area contributed by atoms with Gasteiger partial charge < -0.3 is 5.32 Å². The summed E-state index contributed by atoms with van der Waals surface area (Å²) in [6.07, 6.45) is 8.31. The van der Waals surface area contributed by atoms with Gasteiger partial charge in [-0.05, 0) is 36.3 Å². The molecule has 0 spiro atoms. The number of hydrogen-bond acceptors (Lipinski definition) is 7. The zero-order valence-electron chi connectivity index (χ0n) is 14.4. The second-order valence-electron chi connectivity index (χ2n) is 6.14. The van der Waals surface area contributed by atoms with Crippen molar-refractivity contribution in [3.63, 3.8) is 0 Å². The molecule has 9 nitrogen and oxygen atoms in total. The van der Waals surface area contributed by atoms with Gasteiger partial charge in [0.1, 0.15) is 0 Å². The number of carbonyl (C=O) groups is 1. The predicted octanol–water partition coefficient (Wildman–Crippen LogP) is 1.15. The molecule has 1 N–H and O–H groups in total.